The summed E-state index contributed by atoms with van der Waals surface area (Å²) in [5.74, 6) is -0.791. The van der Waals surface area contributed by atoms with Crippen LogP contribution in [0.15, 0.2) is 0 Å². The van der Waals surface area contributed by atoms with Gasteiger partial charge < -0.3 is 14.0 Å². The molecular weight excluding hydrogens is 191 g/mol. The third-order valence-corrected chi connectivity index (χ3v) is 2.38. The van der Waals surface area contributed by atoms with Gasteiger partial charge in [0.05, 0.1) is 0 Å². The van der Waals surface area contributed by atoms with Crippen molar-refractivity contribution in [1.82, 2.24) is 0 Å². The van der Waals surface area contributed by atoms with Gasteiger partial charge in [0.15, 0.2) is 14.5 Å². The molecule has 0 N–H and O–H groups in total. The van der Waals surface area contributed by atoms with Crippen molar-refractivity contribution in [3.8, 4) is 0 Å². The van der Waals surface area contributed by atoms with Crippen LogP contribution >= 0.6 is 8.69 Å². The highest BCUT2D eigenvalue weighted by Gasteiger charge is 2.33. The summed E-state index contributed by atoms with van der Waals surface area (Å²) in [5.41, 5.74) is 0. The lowest BCUT2D eigenvalue weighted by molar-refractivity contribution is -0.258. The molecule has 5 heteroatoms. The maximum absolute atomic E-state index is 10.3. The maximum atomic E-state index is 10.3. The summed E-state index contributed by atoms with van der Waals surface area (Å²) in [6.45, 7) is 8.43. The van der Waals surface area contributed by atoms with Crippen molar-refractivity contribution in [1.29, 1.82) is 0 Å². The molecule has 0 bridgehead atoms. The van der Waals surface area contributed by atoms with E-state index in [0.29, 0.717) is 13.2 Å². The number of hydrogen-bond acceptors (Lipinski definition) is 4. The summed E-state index contributed by atoms with van der Waals surface area (Å²) in [6.07, 6.45) is -0.320. The minimum absolute atomic E-state index is 0.320. The van der Waals surface area contributed by atoms with Gasteiger partial charge in [-0.15, -0.1) is 0 Å². The molecule has 80 valence electrons. The fraction of sp³-hybridized carbons (Fsp3) is 1.00. The third-order valence-electron chi connectivity index (χ3n) is 1.86. The second kappa shape index (κ2) is 6.55. The van der Waals surface area contributed by atoms with Crippen LogP contribution in [-0.2, 0) is 18.6 Å². The predicted molar refractivity (Wildman–Crippen MR) is 52.6 cm³/mol. The van der Waals surface area contributed by atoms with Crippen LogP contribution in [0.3, 0.4) is 0 Å². The zero-order valence-electron chi connectivity index (χ0n) is 8.70. The lowest BCUT2D eigenvalue weighted by Crippen LogP contribution is -2.43. The minimum atomic E-state index is -1.22. The van der Waals surface area contributed by atoms with Crippen LogP contribution in [0.25, 0.3) is 0 Å². The van der Waals surface area contributed by atoms with Gasteiger partial charge in [-0.05, 0) is 27.7 Å². The van der Waals surface area contributed by atoms with E-state index in [9.17, 15) is 4.57 Å². The number of ether oxygens (including phenoxy) is 2. The number of hydrogen-bond donors (Lipinski definition) is 0. The lowest BCUT2D eigenvalue weighted by atomic mass is 10.2. The topological polar surface area (TPSA) is 44.8 Å². The second-order valence-corrected chi connectivity index (χ2v) is 3.22. The van der Waals surface area contributed by atoms with Gasteiger partial charge in [-0.1, -0.05) is 0 Å². The van der Waals surface area contributed by atoms with Gasteiger partial charge in [-0.3, -0.25) is 4.57 Å². The van der Waals surface area contributed by atoms with E-state index >= 15 is 0 Å². The van der Waals surface area contributed by atoms with E-state index in [2.05, 4.69) is 0 Å². The zero-order chi connectivity index (χ0) is 10.3. The van der Waals surface area contributed by atoms with E-state index in [1.54, 1.807) is 13.8 Å². The van der Waals surface area contributed by atoms with Gasteiger partial charge in [0.2, 0.25) is 0 Å². The van der Waals surface area contributed by atoms with Crippen LogP contribution < -0.4 is 0 Å². The molecule has 2 unspecified atom stereocenters. The van der Waals surface area contributed by atoms with E-state index in [0.717, 1.165) is 0 Å². The monoisotopic (exact) mass is 210 g/mol. The summed E-state index contributed by atoms with van der Waals surface area (Å²) >= 11 is 0. The van der Waals surface area contributed by atoms with Crippen molar-refractivity contribution in [2.24, 2.45) is 0 Å². The standard InChI is InChI=1S/C8H19O4P/c1-5-10-8(4,11-6-2)7(3)12-13-9/h7H,5-6,13H2,1-4H3. The first kappa shape index (κ1) is 13.1. The van der Waals surface area contributed by atoms with Crippen molar-refractivity contribution in [2.75, 3.05) is 13.2 Å². The molecule has 0 aromatic carbocycles. The molecule has 0 aromatic heterocycles. The van der Waals surface area contributed by atoms with Crippen LogP contribution in [0.5, 0.6) is 0 Å². The van der Waals surface area contributed by atoms with Gasteiger partial charge in [-0.25, -0.2) is 0 Å². The first-order valence-corrected chi connectivity index (χ1v) is 5.42. The van der Waals surface area contributed by atoms with Crippen LogP contribution in [0.2, 0.25) is 0 Å². The average Bonchev–Trinajstić information content (AvgIpc) is 2.05. The fourth-order valence-corrected chi connectivity index (χ4v) is 1.47. The van der Waals surface area contributed by atoms with Crippen LogP contribution in [-0.4, -0.2) is 25.1 Å². The molecule has 0 aromatic rings. The van der Waals surface area contributed by atoms with E-state index in [1.807, 2.05) is 13.8 Å². The highest BCUT2D eigenvalue weighted by Crippen LogP contribution is 2.22. The second-order valence-electron chi connectivity index (χ2n) is 2.76. The Kier molecular flexibility index (Phi) is 6.60. The molecule has 0 radical (unpaired) electrons. The van der Waals surface area contributed by atoms with Gasteiger partial charge in [0.1, 0.15) is 6.10 Å². The van der Waals surface area contributed by atoms with Gasteiger partial charge >= 0.3 is 0 Å². The van der Waals surface area contributed by atoms with Crippen molar-refractivity contribution in [2.45, 2.75) is 39.6 Å². The Bertz CT molecular complexity index is 145. The van der Waals surface area contributed by atoms with Crippen molar-refractivity contribution < 1.29 is 18.6 Å². The normalized spacial score (nSPS) is 15.4. The molecule has 0 spiro atoms. The molecule has 0 fully saturated rings. The molecular formula is C8H19O4P. The van der Waals surface area contributed by atoms with Crippen molar-refractivity contribution in [3.63, 3.8) is 0 Å². The Morgan fingerprint density at radius 2 is 1.77 bits per heavy atom. The highest BCUT2D eigenvalue weighted by atomic mass is 31.1. The lowest BCUT2D eigenvalue weighted by Gasteiger charge is -2.33. The first-order chi connectivity index (χ1) is 6.10. The average molecular weight is 210 g/mol. The van der Waals surface area contributed by atoms with Crippen LogP contribution in [0.4, 0.5) is 0 Å². The molecule has 0 aliphatic carbocycles. The molecule has 4 nitrogen and oxygen atoms in total. The molecule has 2 atom stereocenters. The summed E-state index contributed by atoms with van der Waals surface area (Å²) in [4.78, 5) is 0. The SMILES string of the molecule is CCOC(C)(OCC)C(C)O[PH2]=O. The first-order valence-electron chi connectivity index (χ1n) is 4.47. The van der Waals surface area contributed by atoms with Crippen molar-refractivity contribution >= 4 is 8.69 Å². The summed E-state index contributed by atoms with van der Waals surface area (Å²) in [6, 6.07) is 0. The Morgan fingerprint density at radius 1 is 1.31 bits per heavy atom. The molecule has 0 amide bonds. The smallest absolute Gasteiger partial charge is 0.191 e. The Morgan fingerprint density at radius 3 is 2.08 bits per heavy atom. The molecule has 0 rings (SSSR count). The summed E-state index contributed by atoms with van der Waals surface area (Å²) < 4.78 is 26.2. The molecule has 0 saturated carbocycles. The largest absolute Gasteiger partial charge is 0.348 e. The Labute approximate surface area is 80.8 Å². The summed E-state index contributed by atoms with van der Waals surface area (Å²) in [5, 5.41) is 0. The quantitative estimate of drug-likeness (QED) is 0.475. The van der Waals surface area contributed by atoms with Crippen LogP contribution in [0, 0.1) is 0 Å². The molecule has 0 heterocycles. The Balaban J connectivity index is 4.26. The Hall–Kier alpha value is 0.110. The van der Waals surface area contributed by atoms with Gasteiger partial charge in [0.25, 0.3) is 0 Å². The highest BCUT2D eigenvalue weighted by molar-refractivity contribution is 7.17. The summed E-state index contributed by atoms with van der Waals surface area (Å²) in [7, 11) is -1.22. The van der Waals surface area contributed by atoms with E-state index in [-0.39, 0.29) is 6.10 Å². The third kappa shape index (κ3) is 4.23. The zero-order valence-corrected chi connectivity index (χ0v) is 9.86. The van der Waals surface area contributed by atoms with E-state index in [4.69, 9.17) is 14.0 Å². The van der Waals surface area contributed by atoms with Gasteiger partial charge in [0, 0.05) is 13.2 Å². The fourth-order valence-electron chi connectivity index (χ4n) is 1.06. The molecule has 13 heavy (non-hydrogen) atoms. The van der Waals surface area contributed by atoms with Crippen molar-refractivity contribution in [3.05, 3.63) is 0 Å². The van der Waals surface area contributed by atoms with Gasteiger partial charge in [-0.2, -0.15) is 0 Å². The molecule has 0 saturated heterocycles. The number of rotatable bonds is 7. The predicted octanol–water partition coefficient (Wildman–Crippen LogP) is 1.85. The van der Waals surface area contributed by atoms with E-state index in [1.165, 1.54) is 0 Å². The van der Waals surface area contributed by atoms with E-state index < -0.39 is 14.5 Å². The molecule has 0 aliphatic rings. The maximum Gasteiger partial charge on any atom is 0.191 e. The molecule has 0 aliphatic heterocycles. The minimum Gasteiger partial charge on any atom is -0.348 e. The van der Waals surface area contributed by atoms with Crippen LogP contribution in [0.1, 0.15) is 27.7 Å².